The van der Waals surface area contributed by atoms with Crippen LogP contribution < -0.4 is 0 Å². The fraction of sp³-hybridized carbons (Fsp3) is 0.923. The van der Waals surface area contributed by atoms with Gasteiger partial charge in [0.25, 0.3) is 0 Å². The zero-order valence-corrected chi connectivity index (χ0v) is 25.4. The van der Waals surface area contributed by atoms with Crippen molar-refractivity contribution >= 4 is 0 Å². The van der Waals surface area contributed by atoms with Crippen molar-refractivity contribution in [1.29, 1.82) is 0 Å². The number of hydrogen-bond acceptors (Lipinski definition) is 0. The first-order valence-corrected chi connectivity index (χ1v) is 5.15. The average Bonchev–Trinajstić information content (AvgIpc) is 1.56. The van der Waals surface area contributed by atoms with Crippen LogP contribution in [0, 0.1) is 18.8 Å². The molecule has 0 aliphatic heterocycles. The van der Waals surface area contributed by atoms with E-state index in [1.807, 2.05) is 0 Å². The van der Waals surface area contributed by atoms with E-state index >= 15 is 0 Å². The molecule has 0 unspecified atom stereocenters. The van der Waals surface area contributed by atoms with Crippen molar-refractivity contribution in [3.63, 3.8) is 0 Å². The second-order valence-corrected chi connectivity index (χ2v) is 5.44. The minimum atomic E-state index is 0. The normalized spacial score (nSPS) is 6.71. The molecule has 0 aromatic heterocycles. The molecule has 0 saturated heterocycles. The molecule has 0 aliphatic rings. The third kappa shape index (κ3) is 355. The van der Waals surface area contributed by atoms with E-state index in [1.165, 1.54) is 6.42 Å². The zero-order chi connectivity index (χ0) is 10.8. The standard InChI is InChI=1S/C5H12.C4H10.C3H8.CH3.4Y/c1-5(2,3)4;1-4(2)3;1-3-2;;;;;/h1-4H3;4H,1-3H3;3H2,1-2H3;1H3;;;;/q;;;-1;;;;. The summed E-state index contributed by atoms with van der Waals surface area (Å²) in [7, 11) is 0. The molecule has 4 heteroatoms. The molecule has 17 heavy (non-hydrogen) atoms. The maximum Gasteiger partial charge on any atom is 0 e. The van der Waals surface area contributed by atoms with Gasteiger partial charge in [-0.3, -0.25) is 0 Å². The molecule has 0 atom stereocenters. The molecular weight excluding hydrogens is 512 g/mol. The summed E-state index contributed by atoms with van der Waals surface area (Å²) in [5.74, 6) is 0.833. The molecule has 0 fully saturated rings. The van der Waals surface area contributed by atoms with Gasteiger partial charge in [0.2, 0.25) is 0 Å². The van der Waals surface area contributed by atoms with E-state index in [2.05, 4.69) is 62.3 Å². The average molecular weight is 545 g/mol. The Hall–Kier alpha value is 4.42. The monoisotopic (exact) mass is 545 g/mol. The number of rotatable bonds is 0. The van der Waals surface area contributed by atoms with Gasteiger partial charge in [-0.1, -0.05) is 68.7 Å². The molecule has 0 N–H and O–H groups in total. The molecule has 0 nitrogen and oxygen atoms in total. The maximum absolute atomic E-state index is 2.19. The Kier molecular flexibility index (Phi) is 108. The fourth-order valence-corrected chi connectivity index (χ4v) is 0. The number of hydrogen-bond donors (Lipinski definition) is 0. The molecule has 0 rings (SSSR count). The smallest absolute Gasteiger partial charge is 0 e. The molecule has 0 spiro atoms. The molecule has 0 aromatic rings. The van der Waals surface area contributed by atoms with E-state index in [-0.39, 0.29) is 138 Å². The van der Waals surface area contributed by atoms with Gasteiger partial charge < -0.3 is 7.43 Å². The third-order valence-corrected chi connectivity index (χ3v) is 0. The molecule has 0 bridgehead atoms. The van der Waals surface area contributed by atoms with Crippen molar-refractivity contribution in [2.24, 2.45) is 11.3 Å². The molecule has 0 heterocycles. The van der Waals surface area contributed by atoms with E-state index < -0.39 is 0 Å². The van der Waals surface area contributed by atoms with Crippen LogP contribution in [0.25, 0.3) is 0 Å². The Labute approximate surface area is 214 Å². The van der Waals surface area contributed by atoms with Gasteiger partial charge in [-0.2, -0.15) is 0 Å². The van der Waals surface area contributed by atoms with E-state index in [0.29, 0.717) is 5.41 Å². The third-order valence-electron chi connectivity index (χ3n) is 0. The molecule has 98 valence electrons. The van der Waals surface area contributed by atoms with Gasteiger partial charge in [0.05, 0.1) is 0 Å². The van der Waals surface area contributed by atoms with Crippen molar-refractivity contribution < 1.29 is 131 Å². The molecule has 0 aliphatic carbocycles. The summed E-state index contributed by atoms with van der Waals surface area (Å²) in [6.45, 7) is 19.5. The molecular formula is C13H33Y4-. The summed E-state index contributed by atoms with van der Waals surface area (Å²) in [4.78, 5) is 0. The Morgan fingerprint density at radius 2 is 0.706 bits per heavy atom. The Morgan fingerprint density at radius 3 is 0.706 bits per heavy atom. The van der Waals surface area contributed by atoms with E-state index in [4.69, 9.17) is 0 Å². The zero-order valence-electron chi connectivity index (χ0n) is 14.1. The van der Waals surface area contributed by atoms with Crippen LogP contribution in [0.2, 0.25) is 0 Å². The van der Waals surface area contributed by atoms with Crippen LogP contribution in [-0.4, -0.2) is 0 Å². The second-order valence-electron chi connectivity index (χ2n) is 5.44. The largest absolute Gasteiger partial charge is 0.358 e. The molecule has 0 aromatic carbocycles. The summed E-state index contributed by atoms with van der Waals surface area (Å²) in [6, 6.07) is 0. The maximum atomic E-state index is 2.19. The quantitative estimate of drug-likeness (QED) is 0.350. The second kappa shape index (κ2) is 37.0. The summed E-state index contributed by atoms with van der Waals surface area (Å²) in [6.07, 6.45) is 1.25. The topological polar surface area (TPSA) is 0 Å². The van der Waals surface area contributed by atoms with Crippen LogP contribution in [-0.2, 0) is 131 Å². The van der Waals surface area contributed by atoms with Crippen LogP contribution >= 0.6 is 0 Å². The first-order chi connectivity index (χ1) is 5.15. The van der Waals surface area contributed by atoms with Crippen molar-refractivity contribution in [3.05, 3.63) is 7.43 Å². The van der Waals surface area contributed by atoms with E-state index in [1.54, 1.807) is 0 Å². The van der Waals surface area contributed by atoms with Crippen LogP contribution in [0.5, 0.6) is 0 Å². The van der Waals surface area contributed by atoms with Gasteiger partial charge >= 0.3 is 0 Å². The Balaban J connectivity index is -0.0000000106. The van der Waals surface area contributed by atoms with Crippen molar-refractivity contribution in [2.45, 2.75) is 68.7 Å². The van der Waals surface area contributed by atoms with Gasteiger partial charge in [0.15, 0.2) is 0 Å². The summed E-state index contributed by atoms with van der Waals surface area (Å²) < 4.78 is 0. The van der Waals surface area contributed by atoms with Crippen LogP contribution in [0.3, 0.4) is 0 Å². The molecule has 0 amide bonds. The van der Waals surface area contributed by atoms with Crippen LogP contribution in [0.1, 0.15) is 68.7 Å². The summed E-state index contributed by atoms with van der Waals surface area (Å²) in [5, 5.41) is 0. The molecule has 0 saturated carbocycles. The van der Waals surface area contributed by atoms with Crippen LogP contribution in [0.15, 0.2) is 0 Å². The van der Waals surface area contributed by atoms with Crippen molar-refractivity contribution in [3.8, 4) is 0 Å². The SMILES string of the molecule is CC(C)(C)C.CC(C)C.CCC.[CH3-].[Y].[Y].[Y].[Y]. The van der Waals surface area contributed by atoms with Crippen LogP contribution in [0.4, 0.5) is 0 Å². The van der Waals surface area contributed by atoms with Gasteiger partial charge in [-0.25, -0.2) is 0 Å². The first kappa shape index (κ1) is 49.6. The van der Waals surface area contributed by atoms with Crippen molar-refractivity contribution in [1.82, 2.24) is 0 Å². The van der Waals surface area contributed by atoms with Gasteiger partial charge in [-0.15, -0.1) is 0 Å². The predicted molar refractivity (Wildman–Crippen MR) is 68.0 cm³/mol. The van der Waals surface area contributed by atoms with Gasteiger partial charge in [-0.05, 0) is 11.3 Å². The fourth-order valence-electron chi connectivity index (χ4n) is 0. The summed E-state index contributed by atoms with van der Waals surface area (Å²) in [5.41, 5.74) is 0.500. The first-order valence-electron chi connectivity index (χ1n) is 5.15. The minimum absolute atomic E-state index is 0. The predicted octanol–water partition coefficient (Wildman–Crippen LogP) is 5.57. The molecule has 4 radical (unpaired) electrons. The van der Waals surface area contributed by atoms with E-state index in [9.17, 15) is 0 Å². The van der Waals surface area contributed by atoms with Crippen molar-refractivity contribution in [2.75, 3.05) is 0 Å². The Bertz CT molecular complexity index is 59.6. The van der Waals surface area contributed by atoms with Gasteiger partial charge in [0, 0.05) is 131 Å². The van der Waals surface area contributed by atoms with E-state index in [0.717, 1.165) is 5.92 Å². The Morgan fingerprint density at radius 1 is 0.706 bits per heavy atom. The van der Waals surface area contributed by atoms with Gasteiger partial charge in [0.1, 0.15) is 0 Å². The minimum Gasteiger partial charge on any atom is -0.358 e. The summed E-state index contributed by atoms with van der Waals surface area (Å²) >= 11 is 0.